The molecule has 4 heteroatoms. The van der Waals surface area contributed by atoms with Crippen LogP contribution >= 0.6 is 11.8 Å². The van der Waals surface area contributed by atoms with Crippen LogP contribution in [0.4, 0.5) is 0 Å². The highest BCUT2D eigenvalue weighted by atomic mass is 32.2. The van der Waals surface area contributed by atoms with Gasteiger partial charge in [-0.1, -0.05) is 24.3 Å². The van der Waals surface area contributed by atoms with Crippen molar-refractivity contribution in [3.63, 3.8) is 0 Å². The number of thioether (sulfide) groups is 1. The zero-order valence-electron chi connectivity index (χ0n) is 11.3. The van der Waals surface area contributed by atoms with E-state index in [1.54, 1.807) is 11.8 Å². The highest BCUT2D eigenvalue weighted by Crippen LogP contribution is 2.35. The van der Waals surface area contributed by atoms with Gasteiger partial charge in [0.25, 0.3) is 0 Å². The molecule has 0 amide bonds. The van der Waals surface area contributed by atoms with Crippen LogP contribution in [0.25, 0.3) is 0 Å². The van der Waals surface area contributed by atoms with Gasteiger partial charge in [-0.25, -0.2) is 0 Å². The molecule has 0 bridgehead atoms. The fraction of sp³-hybridized carbons (Fsp3) is 0.250. The summed E-state index contributed by atoms with van der Waals surface area (Å²) in [4.78, 5) is 1.28. The van der Waals surface area contributed by atoms with Gasteiger partial charge >= 0.3 is 0 Å². The first-order chi connectivity index (χ1) is 9.74. The van der Waals surface area contributed by atoms with Crippen LogP contribution in [0.3, 0.4) is 0 Å². The first kappa shape index (κ1) is 13.3. The molecule has 20 heavy (non-hydrogen) atoms. The minimum Gasteiger partial charge on any atom is -0.454 e. The number of nitrogens with two attached hydrogens (primary N) is 1. The maximum Gasteiger partial charge on any atom is 0.231 e. The summed E-state index contributed by atoms with van der Waals surface area (Å²) in [6.45, 7) is 2.42. The second-order valence-electron chi connectivity index (χ2n) is 4.80. The number of aryl methyl sites for hydroxylation is 1. The summed E-state index contributed by atoms with van der Waals surface area (Å²) in [6.07, 6.45) is 0. The summed E-state index contributed by atoms with van der Waals surface area (Å²) in [5.74, 6) is 2.43. The molecule has 0 saturated heterocycles. The van der Waals surface area contributed by atoms with E-state index >= 15 is 0 Å². The number of hydrogen-bond acceptors (Lipinski definition) is 4. The largest absolute Gasteiger partial charge is 0.454 e. The highest BCUT2D eigenvalue weighted by molar-refractivity contribution is 7.99. The Kier molecular flexibility index (Phi) is 3.85. The third kappa shape index (κ3) is 2.76. The van der Waals surface area contributed by atoms with Crippen molar-refractivity contribution in [1.82, 2.24) is 0 Å². The Morgan fingerprint density at radius 3 is 2.80 bits per heavy atom. The van der Waals surface area contributed by atoms with E-state index < -0.39 is 0 Å². The molecular weight excluding hydrogens is 270 g/mol. The molecule has 1 unspecified atom stereocenters. The molecule has 1 aliphatic heterocycles. The van der Waals surface area contributed by atoms with Crippen LogP contribution in [-0.4, -0.2) is 12.5 Å². The Morgan fingerprint density at radius 2 is 1.95 bits per heavy atom. The van der Waals surface area contributed by atoms with Crippen LogP contribution in [0.5, 0.6) is 11.5 Å². The Balaban J connectivity index is 1.67. The Hall–Kier alpha value is -1.65. The topological polar surface area (TPSA) is 44.5 Å². The lowest BCUT2D eigenvalue weighted by Gasteiger charge is -2.13. The summed E-state index contributed by atoms with van der Waals surface area (Å²) < 4.78 is 10.7. The monoisotopic (exact) mass is 287 g/mol. The number of benzene rings is 2. The van der Waals surface area contributed by atoms with Gasteiger partial charge in [-0.15, -0.1) is 11.8 Å². The van der Waals surface area contributed by atoms with Gasteiger partial charge in [-0.05, 0) is 36.2 Å². The third-order valence-electron chi connectivity index (χ3n) is 3.34. The summed E-state index contributed by atoms with van der Waals surface area (Å²) in [6, 6.07) is 14.3. The predicted molar refractivity (Wildman–Crippen MR) is 81.4 cm³/mol. The quantitative estimate of drug-likeness (QED) is 0.874. The number of fused-ring (bicyclic) bond motifs is 1. The van der Waals surface area contributed by atoms with Gasteiger partial charge in [-0.3, -0.25) is 0 Å². The lowest BCUT2D eigenvalue weighted by atomic mass is 10.1. The molecule has 0 saturated carbocycles. The zero-order chi connectivity index (χ0) is 13.9. The lowest BCUT2D eigenvalue weighted by molar-refractivity contribution is 0.174. The molecule has 104 valence electrons. The Bertz CT molecular complexity index is 615. The standard InChI is InChI=1S/C16H17NO2S/c1-11-4-2-3-5-16(11)20-9-13(17)12-6-7-14-15(8-12)19-10-18-14/h2-8,13H,9-10,17H2,1H3. The van der Waals surface area contributed by atoms with E-state index in [1.807, 2.05) is 18.2 Å². The summed E-state index contributed by atoms with van der Waals surface area (Å²) in [5, 5.41) is 0. The van der Waals surface area contributed by atoms with Gasteiger partial charge < -0.3 is 15.2 Å². The molecule has 3 nitrogen and oxygen atoms in total. The molecule has 1 heterocycles. The average molecular weight is 287 g/mol. The molecule has 0 aliphatic carbocycles. The van der Waals surface area contributed by atoms with Gasteiger partial charge in [0.1, 0.15) is 0 Å². The van der Waals surface area contributed by atoms with Gasteiger partial charge in [-0.2, -0.15) is 0 Å². The normalized spacial score (nSPS) is 14.3. The van der Waals surface area contributed by atoms with E-state index in [-0.39, 0.29) is 6.04 Å². The SMILES string of the molecule is Cc1ccccc1SCC(N)c1ccc2c(c1)OCO2. The van der Waals surface area contributed by atoms with Crippen molar-refractivity contribution in [2.75, 3.05) is 12.5 Å². The molecule has 0 spiro atoms. The van der Waals surface area contributed by atoms with Crippen molar-refractivity contribution in [2.24, 2.45) is 5.73 Å². The summed E-state index contributed by atoms with van der Waals surface area (Å²) >= 11 is 1.79. The second kappa shape index (κ2) is 5.77. The van der Waals surface area contributed by atoms with Crippen LogP contribution in [0, 0.1) is 6.92 Å². The summed E-state index contributed by atoms with van der Waals surface area (Å²) in [7, 11) is 0. The molecule has 0 aromatic heterocycles. The van der Waals surface area contributed by atoms with Crippen molar-refractivity contribution < 1.29 is 9.47 Å². The van der Waals surface area contributed by atoms with E-state index in [4.69, 9.17) is 15.2 Å². The van der Waals surface area contributed by atoms with E-state index in [1.165, 1.54) is 10.5 Å². The first-order valence-electron chi connectivity index (χ1n) is 6.57. The Morgan fingerprint density at radius 1 is 1.15 bits per heavy atom. The van der Waals surface area contributed by atoms with Crippen LogP contribution in [-0.2, 0) is 0 Å². The predicted octanol–water partition coefficient (Wildman–Crippen LogP) is 3.52. The van der Waals surface area contributed by atoms with Gasteiger partial charge in [0.05, 0.1) is 0 Å². The smallest absolute Gasteiger partial charge is 0.231 e. The number of hydrogen-bond donors (Lipinski definition) is 1. The van der Waals surface area contributed by atoms with Crippen molar-refractivity contribution in [2.45, 2.75) is 17.9 Å². The molecule has 2 aromatic rings. The number of ether oxygens (including phenoxy) is 2. The Labute approximate surface area is 123 Å². The van der Waals surface area contributed by atoms with E-state index in [2.05, 4.69) is 31.2 Å². The molecule has 2 aromatic carbocycles. The van der Waals surface area contributed by atoms with Crippen molar-refractivity contribution in [3.8, 4) is 11.5 Å². The van der Waals surface area contributed by atoms with E-state index in [9.17, 15) is 0 Å². The van der Waals surface area contributed by atoms with Crippen LogP contribution in [0.15, 0.2) is 47.4 Å². The fourth-order valence-electron chi connectivity index (χ4n) is 2.14. The summed E-state index contributed by atoms with van der Waals surface area (Å²) in [5.41, 5.74) is 8.64. The maximum atomic E-state index is 6.27. The van der Waals surface area contributed by atoms with Crippen molar-refractivity contribution in [1.29, 1.82) is 0 Å². The van der Waals surface area contributed by atoms with Crippen molar-refractivity contribution >= 4 is 11.8 Å². The minimum atomic E-state index is -0.0193. The van der Waals surface area contributed by atoms with Crippen LogP contribution in [0.2, 0.25) is 0 Å². The highest BCUT2D eigenvalue weighted by Gasteiger charge is 2.16. The van der Waals surface area contributed by atoms with Gasteiger partial charge in [0, 0.05) is 16.7 Å². The molecule has 1 aliphatic rings. The van der Waals surface area contributed by atoms with Crippen molar-refractivity contribution in [3.05, 3.63) is 53.6 Å². The number of rotatable bonds is 4. The molecular formula is C16H17NO2S. The van der Waals surface area contributed by atoms with Crippen LogP contribution < -0.4 is 15.2 Å². The molecule has 0 radical (unpaired) electrons. The lowest BCUT2D eigenvalue weighted by Crippen LogP contribution is -2.12. The molecule has 2 N–H and O–H groups in total. The fourth-order valence-corrected chi connectivity index (χ4v) is 3.16. The zero-order valence-corrected chi connectivity index (χ0v) is 12.2. The van der Waals surface area contributed by atoms with E-state index in [0.717, 1.165) is 22.8 Å². The second-order valence-corrected chi connectivity index (χ2v) is 5.86. The first-order valence-corrected chi connectivity index (χ1v) is 7.56. The third-order valence-corrected chi connectivity index (χ3v) is 4.63. The molecule has 1 atom stereocenters. The molecule has 3 rings (SSSR count). The minimum absolute atomic E-state index is 0.0193. The van der Waals surface area contributed by atoms with Crippen LogP contribution in [0.1, 0.15) is 17.2 Å². The van der Waals surface area contributed by atoms with Gasteiger partial charge in [0.2, 0.25) is 6.79 Å². The average Bonchev–Trinajstić information content (AvgIpc) is 2.93. The van der Waals surface area contributed by atoms with Gasteiger partial charge in [0.15, 0.2) is 11.5 Å². The molecule has 0 fully saturated rings. The van der Waals surface area contributed by atoms with E-state index in [0.29, 0.717) is 6.79 Å². The maximum absolute atomic E-state index is 6.27.